The average Bonchev–Trinajstić information content (AvgIpc) is 2.58. The van der Waals surface area contributed by atoms with Crippen molar-refractivity contribution in [3.05, 3.63) is 35.9 Å². The van der Waals surface area contributed by atoms with E-state index in [1.807, 2.05) is 49.1 Å². The summed E-state index contributed by atoms with van der Waals surface area (Å²) < 4.78 is 0. The highest BCUT2D eigenvalue weighted by molar-refractivity contribution is 8.17. The Morgan fingerprint density at radius 3 is 2.13 bits per heavy atom. The van der Waals surface area contributed by atoms with E-state index >= 15 is 0 Å². The lowest BCUT2D eigenvalue weighted by molar-refractivity contribution is 0.108. The van der Waals surface area contributed by atoms with Gasteiger partial charge in [0.2, 0.25) is 5.12 Å². The Kier molecular flexibility index (Phi) is 7.50. The van der Waals surface area contributed by atoms with Crippen LogP contribution in [0.3, 0.4) is 0 Å². The number of carbonyl (C=O) groups excluding carboxylic acids is 2. The first kappa shape index (κ1) is 18.4. The molecule has 126 valence electrons. The molecule has 0 radical (unpaired) electrons. The minimum Gasteiger partial charge on any atom is -0.334 e. The van der Waals surface area contributed by atoms with Crippen LogP contribution in [0.15, 0.2) is 30.3 Å². The molecule has 1 aromatic rings. The molecule has 1 aromatic carbocycles. The summed E-state index contributed by atoms with van der Waals surface area (Å²) in [4.78, 5) is 26.7. The van der Waals surface area contributed by atoms with Crippen LogP contribution < -0.4 is 0 Å². The summed E-state index contributed by atoms with van der Waals surface area (Å²) in [6, 6.07) is 9.43. The van der Waals surface area contributed by atoms with Gasteiger partial charge in [0.25, 0.3) is 5.24 Å². The van der Waals surface area contributed by atoms with Crippen molar-refractivity contribution in [2.75, 3.05) is 13.1 Å². The fourth-order valence-electron chi connectivity index (χ4n) is 2.80. The highest BCUT2D eigenvalue weighted by Crippen LogP contribution is 2.38. The molecule has 0 spiro atoms. The van der Waals surface area contributed by atoms with E-state index in [2.05, 4.69) is 0 Å². The zero-order chi connectivity index (χ0) is 16.7. The fourth-order valence-corrected chi connectivity index (χ4v) is 5.49. The fraction of sp³-hybridized carbons (Fsp3) is 0.556. The van der Waals surface area contributed by atoms with Crippen molar-refractivity contribution in [1.29, 1.82) is 0 Å². The molecule has 2 rings (SSSR count). The van der Waals surface area contributed by atoms with Crippen LogP contribution in [0.1, 0.15) is 49.9 Å². The third kappa shape index (κ3) is 5.28. The maximum atomic E-state index is 12.4. The average molecular weight is 352 g/mol. The number of hydrogen-bond donors (Lipinski definition) is 0. The Labute approximate surface area is 147 Å². The van der Waals surface area contributed by atoms with E-state index in [0.29, 0.717) is 0 Å². The summed E-state index contributed by atoms with van der Waals surface area (Å²) in [5.41, 5.74) is 0.752. The molecule has 23 heavy (non-hydrogen) atoms. The first-order chi connectivity index (χ1) is 11.2. The van der Waals surface area contributed by atoms with Crippen LogP contribution >= 0.6 is 23.5 Å². The normalized spacial score (nSPS) is 21.0. The predicted molar refractivity (Wildman–Crippen MR) is 100 cm³/mol. The van der Waals surface area contributed by atoms with E-state index in [9.17, 15) is 9.59 Å². The summed E-state index contributed by atoms with van der Waals surface area (Å²) >= 11 is 2.86. The smallest absolute Gasteiger partial charge is 0.281 e. The second kappa shape index (κ2) is 9.38. The van der Waals surface area contributed by atoms with Gasteiger partial charge in [0.05, 0.1) is 0 Å². The van der Waals surface area contributed by atoms with Gasteiger partial charge in [0.15, 0.2) is 0 Å². The molecule has 1 amide bonds. The van der Waals surface area contributed by atoms with Crippen LogP contribution in [0.2, 0.25) is 0 Å². The Bertz CT molecular complexity index is 517. The van der Waals surface area contributed by atoms with Crippen LogP contribution in [0.4, 0.5) is 4.79 Å². The minimum absolute atomic E-state index is 0.124. The lowest BCUT2D eigenvalue weighted by atomic mass is 10.00. The molecule has 3 nitrogen and oxygen atoms in total. The van der Waals surface area contributed by atoms with Gasteiger partial charge in [-0.05, 0) is 26.7 Å². The van der Waals surface area contributed by atoms with Gasteiger partial charge in [-0.2, -0.15) is 0 Å². The van der Waals surface area contributed by atoms with Crippen molar-refractivity contribution in [3.8, 4) is 0 Å². The Morgan fingerprint density at radius 1 is 1.00 bits per heavy atom. The number of carbonyl (C=O) groups is 2. The van der Waals surface area contributed by atoms with Crippen molar-refractivity contribution in [2.45, 2.75) is 50.0 Å². The number of amides is 1. The van der Waals surface area contributed by atoms with Gasteiger partial charge in [-0.3, -0.25) is 9.59 Å². The molecule has 5 heteroatoms. The van der Waals surface area contributed by atoms with Crippen molar-refractivity contribution in [1.82, 2.24) is 4.90 Å². The van der Waals surface area contributed by atoms with Crippen molar-refractivity contribution >= 4 is 33.9 Å². The molecule has 1 fully saturated rings. The molecule has 1 aliphatic carbocycles. The van der Waals surface area contributed by atoms with Crippen LogP contribution in [-0.2, 0) is 0 Å². The highest BCUT2D eigenvalue weighted by Gasteiger charge is 2.31. The molecule has 0 N–H and O–H groups in total. The number of rotatable bonds is 5. The number of benzene rings is 1. The summed E-state index contributed by atoms with van der Waals surface area (Å²) in [7, 11) is 0. The Balaban J connectivity index is 1.98. The maximum Gasteiger partial charge on any atom is 0.281 e. The quantitative estimate of drug-likeness (QED) is 0.742. The molecule has 2 unspecified atom stereocenters. The third-order valence-electron chi connectivity index (χ3n) is 4.18. The van der Waals surface area contributed by atoms with E-state index in [0.717, 1.165) is 44.3 Å². The van der Waals surface area contributed by atoms with E-state index < -0.39 is 0 Å². The lowest BCUT2D eigenvalue weighted by Gasteiger charge is -2.31. The molecule has 0 bridgehead atoms. The SMILES string of the molecule is CCN(CC)C(=O)SC1CCCCC1SC(=O)c1ccccc1. The van der Waals surface area contributed by atoms with Gasteiger partial charge in [0, 0.05) is 29.2 Å². The second-order valence-corrected chi connectivity index (χ2v) is 8.09. The summed E-state index contributed by atoms with van der Waals surface area (Å²) in [6.07, 6.45) is 4.35. The molecular weight excluding hydrogens is 326 g/mol. The van der Waals surface area contributed by atoms with Crippen LogP contribution in [0.5, 0.6) is 0 Å². The summed E-state index contributed by atoms with van der Waals surface area (Å²) in [5, 5.41) is 0.758. The molecular formula is C18H25NO2S2. The van der Waals surface area contributed by atoms with E-state index in [4.69, 9.17) is 0 Å². The van der Waals surface area contributed by atoms with Crippen molar-refractivity contribution < 1.29 is 9.59 Å². The molecule has 0 saturated heterocycles. The molecule has 2 atom stereocenters. The monoisotopic (exact) mass is 351 g/mol. The van der Waals surface area contributed by atoms with Crippen LogP contribution in [-0.4, -0.2) is 38.8 Å². The number of hydrogen-bond acceptors (Lipinski definition) is 4. The standard InChI is InChI=1S/C18H25NO2S2/c1-3-19(4-2)18(21)23-16-13-9-8-12-15(16)22-17(20)14-10-6-5-7-11-14/h5-7,10-11,15-16H,3-4,8-9,12-13H2,1-2H3. The van der Waals surface area contributed by atoms with E-state index in [1.54, 1.807) is 0 Å². The first-order valence-electron chi connectivity index (χ1n) is 8.37. The largest absolute Gasteiger partial charge is 0.334 e. The van der Waals surface area contributed by atoms with Gasteiger partial charge in [-0.15, -0.1) is 0 Å². The van der Waals surface area contributed by atoms with Crippen LogP contribution in [0.25, 0.3) is 0 Å². The zero-order valence-corrected chi connectivity index (χ0v) is 15.5. The molecule has 1 saturated carbocycles. The van der Waals surface area contributed by atoms with Gasteiger partial charge in [-0.1, -0.05) is 66.7 Å². The van der Waals surface area contributed by atoms with Crippen LogP contribution in [0, 0.1) is 0 Å². The number of thioether (sulfide) groups is 2. The molecule has 0 aromatic heterocycles. The summed E-state index contributed by atoms with van der Waals surface area (Å²) in [6.45, 7) is 5.51. The maximum absolute atomic E-state index is 12.4. The topological polar surface area (TPSA) is 37.4 Å². The minimum atomic E-state index is 0.124. The van der Waals surface area contributed by atoms with Crippen molar-refractivity contribution in [2.24, 2.45) is 0 Å². The Hall–Kier alpha value is -0.940. The molecule has 0 aliphatic heterocycles. The van der Waals surface area contributed by atoms with E-state index in [1.165, 1.54) is 23.5 Å². The van der Waals surface area contributed by atoms with Gasteiger partial charge >= 0.3 is 0 Å². The van der Waals surface area contributed by atoms with Gasteiger partial charge in [-0.25, -0.2) is 0 Å². The first-order valence-corrected chi connectivity index (χ1v) is 10.1. The third-order valence-corrected chi connectivity index (χ3v) is 7.00. The van der Waals surface area contributed by atoms with Gasteiger partial charge in [0.1, 0.15) is 0 Å². The molecule has 0 heterocycles. The Morgan fingerprint density at radius 2 is 1.57 bits per heavy atom. The van der Waals surface area contributed by atoms with Crippen molar-refractivity contribution in [3.63, 3.8) is 0 Å². The zero-order valence-electron chi connectivity index (χ0n) is 13.9. The second-order valence-electron chi connectivity index (χ2n) is 5.69. The van der Waals surface area contributed by atoms with E-state index in [-0.39, 0.29) is 20.9 Å². The summed E-state index contributed by atoms with van der Waals surface area (Å²) in [5.74, 6) is 0. The number of nitrogens with zero attached hydrogens (tertiary/aromatic N) is 1. The lowest BCUT2D eigenvalue weighted by Crippen LogP contribution is -2.32. The highest BCUT2D eigenvalue weighted by atomic mass is 32.2. The molecule has 1 aliphatic rings. The predicted octanol–water partition coefficient (Wildman–Crippen LogP) is 5.07. The van der Waals surface area contributed by atoms with Gasteiger partial charge < -0.3 is 4.90 Å².